The molecule has 2 heteroatoms. The molecule has 2 aliphatic carbocycles. The third kappa shape index (κ3) is 6.71. The van der Waals surface area contributed by atoms with E-state index in [2.05, 4.69) is 230 Å². The van der Waals surface area contributed by atoms with Crippen molar-refractivity contribution in [2.24, 2.45) is 11.8 Å². The minimum atomic E-state index is 0.530. The predicted octanol–water partition coefficient (Wildman–Crippen LogP) is 15.5. The first-order valence-electron chi connectivity index (χ1n) is 20.6. The van der Waals surface area contributed by atoms with Crippen LogP contribution in [0.15, 0.2) is 206 Å². The average Bonchev–Trinajstić information content (AvgIpc) is 3.62. The molecule has 2 aliphatic rings. The number of nitrogens with zero attached hydrogens (tertiary/aromatic N) is 2. The van der Waals surface area contributed by atoms with E-state index in [9.17, 15) is 0 Å². The van der Waals surface area contributed by atoms with Crippen LogP contribution in [0.1, 0.15) is 37.8 Å². The van der Waals surface area contributed by atoms with Gasteiger partial charge in [0.15, 0.2) is 0 Å². The zero-order valence-corrected chi connectivity index (χ0v) is 33.1. The van der Waals surface area contributed by atoms with Crippen LogP contribution in [-0.4, -0.2) is 4.57 Å². The fourth-order valence-corrected chi connectivity index (χ4v) is 8.66. The molecule has 58 heavy (non-hydrogen) atoms. The Morgan fingerprint density at radius 2 is 0.983 bits per heavy atom. The first-order chi connectivity index (χ1) is 28.6. The molecule has 2 unspecified atom stereocenters. The molecule has 1 aromatic heterocycles. The lowest BCUT2D eigenvalue weighted by Crippen LogP contribution is -2.10. The van der Waals surface area contributed by atoms with E-state index in [1.54, 1.807) is 0 Å². The van der Waals surface area contributed by atoms with Crippen LogP contribution < -0.4 is 4.90 Å². The SMILES string of the molecule is CC1C=CC(c2ccc(N(c3ccc(C4=CCCC=C4)cc3)c3ccc(-c4ccc(-c5ccc6c(c5)c5ccccc5n6-c5ccccc5)cc4)cc3)cc2)=CC1C. The van der Waals surface area contributed by atoms with Gasteiger partial charge in [0.05, 0.1) is 11.0 Å². The van der Waals surface area contributed by atoms with E-state index in [4.69, 9.17) is 0 Å². The summed E-state index contributed by atoms with van der Waals surface area (Å²) in [6.45, 7) is 4.59. The van der Waals surface area contributed by atoms with Gasteiger partial charge < -0.3 is 9.47 Å². The van der Waals surface area contributed by atoms with Crippen molar-refractivity contribution >= 4 is 50.0 Å². The Balaban J connectivity index is 0.951. The van der Waals surface area contributed by atoms with Crippen molar-refractivity contribution in [3.05, 3.63) is 217 Å². The quantitative estimate of drug-likeness (QED) is 0.150. The summed E-state index contributed by atoms with van der Waals surface area (Å²) in [5.41, 5.74) is 16.9. The van der Waals surface area contributed by atoms with E-state index < -0.39 is 0 Å². The van der Waals surface area contributed by atoms with Crippen molar-refractivity contribution in [1.29, 1.82) is 0 Å². The Morgan fingerprint density at radius 3 is 1.60 bits per heavy atom. The van der Waals surface area contributed by atoms with Gasteiger partial charge in [-0.1, -0.05) is 153 Å². The molecule has 2 atom stereocenters. The Hall–Kier alpha value is -6.90. The van der Waals surface area contributed by atoms with Crippen molar-refractivity contribution in [3.63, 3.8) is 0 Å². The zero-order valence-electron chi connectivity index (χ0n) is 33.1. The Labute approximate surface area is 342 Å². The van der Waals surface area contributed by atoms with Crippen LogP contribution in [0.5, 0.6) is 0 Å². The largest absolute Gasteiger partial charge is 0.311 e. The second-order valence-corrected chi connectivity index (χ2v) is 15.8. The molecule has 0 N–H and O–H groups in total. The van der Waals surface area contributed by atoms with Gasteiger partial charge in [0.1, 0.15) is 0 Å². The van der Waals surface area contributed by atoms with Crippen LogP contribution in [0, 0.1) is 11.8 Å². The molecular formula is C56H46N2. The standard InChI is InChI=1S/C56H46N2/c1-39-17-18-47(37-40(39)2)46-27-34-52(35-28-46)57(50-30-23-43(24-31-50)41-11-5-3-6-12-41)51-32-25-44(26-33-51)42-19-21-45(22-20-42)48-29-36-56-54(38-48)53-15-9-10-16-55(53)58(56)49-13-7-4-8-14-49/h4-5,7-40H,3,6H2,1-2H3. The maximum Gasteiger partial charge on any atom is 0.0541 e. The van der Waals surface area contributed by atoms with Crippen LogP contribution in [0.4, 0.5) is 17.1 Å². The van der Waals surface area contributed by atoms with Gasteiger partial charge in [0.2, 0.25) is 0 Å². The van der Waals surface area contributed by atoms with Gasteiger partial charge >= 0.3 is 0 Å². The summed E-state index contributed by atoms with van der Waals surface area (Å²) in [6, 6.07) is 62.3. The van der Waals surface area contributed by atoms with Crippen molar-refractivity contribution in [3.8, 4) is 27.9 Å². The van der Waals surface area contributed by atoms with Gasteiger partial charge in [-0.05, 0) is 136 Å². The molecule has 0 radical (unpaired) electrons. The Kier molecular flexibility index (Phi) is 9.31. The number of para-hydroxylation sites is 2. The lowest BCUT2D eigenvalue weighted by molar-refractivity contribution is 0.554. The number of benzene rings is 7. The molecule has 10 rings (SSSR count). The lowest BCUT2D eigenvalue weighted by Gasteiger charge is -2.26. The third-order valence-corrected chi connectivity index (χ3v) is 12.1. The molecule has 0 amide bonds. The molecule has 0 spiro atoms. The highest BCUT2D eigenvalue weighted by Crippen LogP contribution is 2.39. The van der Waals surface area contributed by atoms with Gasteiger partial charge in [0, 0.05) is 33.5 Å². The third-order valence-electron chi connectivity index (χ3n) is 12.1. The molecule has 0 bridgehead atoms. The number of fused-ring (bicyclic) bond motifs is 3. The first-order valence-corrected chi connectivity index (χ1v) is 20.6. The van der Waals surface area contributed by atoms with Crippen molar-refractivity contribution in [2.45, 2.75) is 26.7 Å². The molecule has 7 aromatic carbocycles. The zero-order chi connectivity index (χ0) is 39.0. The molecule has 2 nitrogen and oxygen atoms in total. The summed E-state index contributed by atoms with van der Waals surface area (Å²) in [5, 5.41) is 2.53. The predicted molar refractivity (Wildman–Crippen MR) is 248 cm³/mol. The van der Waals surface area contributed by atoms with Gasteiger partial charge in [-0.2, -0.15) is 0 Å². The second kappa shape index (κ2) is 15.2. The van der Waals surface area contributed by atoms with Crippen LogP contribution in [0.3, 0.4) is 0 Å². The number of hydrogen-bond donors (Lipinski definition) is 0. The minimum absolute atomic E-state index is 0.530. The highest BCUT2D eigenvalue weighted by atomic mass is 15.1. The molecule has 0 aliphatic heterocycles. The van der Waals surface area contributed by atoms with Gasteiger partial charge in [-0.25, -0.2) is 0 Å². The van der Waals surface area contributed by atoms with Gasteiger partial charge in [-0.3, -0.25) is 0 Å². The molecule has 1 heterocycles. The highest BCUT2D eigenvalue weighted by Gasteiger charge is 2.17. The maximum absolute atomic E-state index is 2.40. The normalized spacial score (nSPS) is 16.4. The van der Waals surface area contributed by atoms with Gasteiger partial charge in [0.25, 0.3) is 0 Å². The van der Waals surface area contributed by atoms with Gasteiger partial charge in [-0.15, -0.1) is 0 Å². The van der Waals surface area contributed by atoms with E-state index in [1.165, 1.54) is 72.0 Å². The fourth-order valence-electron chi connectivity index (χ4n) is 8.66. The van der Waals surface area contributed by atoms with E-state index in [-0.39, 0.29) is 0 Å². The summed E-state index contributed by atoms with van der Waals surface area (Å²) < 4.78 is 2.37. The second-order valence-electron chi connectivity index (χ2n) is 15.8. The smallest absolute Gasteiger partial charge is 0.0541 e. The van der Waals surface area contributed by atoms with Crippen molar-refractivity contribution in [1.82, 2.24) is 4.57 Å². The summed E-state index contributed by atoms with van der Waals surface area (Å²) in [6.07, 6.45) is 16.1. The summed E-state index contributed by atoms with van der Waals surface area (Å²) in [4.78, 5) is 2.37. The molecule has 0 saturated carbocycles. The fraction of sp³-hybridized carbons (Fsp3) is 0.107. The van der Waals surface area contributed by atoms with Crippen molar-refractivity contribution < 1.29 is 0 Å². The minimum Gasteiger partial charge on any atom is -0.311 e. The Morgan fingerprint density at radius 1 is 0.448 bits per heavy atom. The van der Waals surface area contributed by atoms with Crippen LogP contribution in [0.2, 0.25) is 0 Å². The van der Waals surface area contributed by atoms with E-state index >= 15 is 0 Å². The number of rotatable bonds is 8. The molecule has 8 aromatic rings. The Bertz CT molecular complexity index is 2870. The summed E-state index contributed by atoms with van der Waals surface area (Å²) in [7, 11) is 0. The first kappa shape index (κ1) is 35.5. The lowest BCUT2D eigenvalue weighted by atomic mass is 9.86. The number of hydrogen-bond acceptors (Lipinski definition) is 1. The van der Waals surface area contributed by atoms with E-state index in [0.29, 0.717) is 11.8 Å². The molecule has 0 saturated heterocycles. The molecule has 280 valence electrons. The summed E-state index contributed by atoms with van der Waals surface area (Å²) >= 11 is 0. The average molecular weight is 747 g/mol. The highest BCUT2D eigenvalue weighted by molar-refractivity contribution is 6.10. The van der Waals surface area contributed by atoms with Crippen LogP contribution in [-0.2, 0) is 0 Å². The van der Waals surface area contributed by atoms with E-state index in [0.717, 1.165) is 29.9 Å². The molecule has 0 fully saturated rings. The number of anilines is 3. The maximum atomic E-state index is 2.40. The van der Waals surface area contributed by atoms with E-state index in [1.807, 2.05) is 0 Å². The molecular weight excluding hydrogens is 701 g/mol. The van der Waals surface area contributed by atoms with Crippen molar-refractivity contribution in [2.75, 3.05) is 4.90 Å². The topological polar surface area (TPSA) is 8.17 Å². The number of aromatic nitrogens is 1. The van der Waals surface area contributed by atoms with Crippen LogP contribution in [0.25, 0.3) is 60.9 Å². The number of allylic oxidation sites excluding steroid dienone is 8. The van der Waals surface area contributed by atoms with Crippen LogP contribution >= 0.6 is 0 Å². The monoisotopic (exact) mass is 746 g/mol. The summed E-state index contributed by atoms with van der Waals surface area (Å²) in [5.74, 6) is 1.10.